The molecule has 0 aromatic heterocycles. The predicted octanol–water partition coefficient (Wildman–Crippen LogP) is 2.30. The van der Waals surface area contributed by atoms with Crippen LogP contribution in [0.1, 0.15) is 18.4 Å². The summed E-state index contributed by atoms with van der Waals surface area (Å²) in [5, 5.41) is 4.20. The van der Waals surface area contributed by atoms with Crippen LogP contribution in [-0.2, 0) is 11.3 Å². The minimum atomic E-state index is 0.282. The van der Waals surface area contributed by atoms with Gasteiger partial charge >= 0.3 is 0 Å². The maximum Gasteiger partial charge on any atom is 0.123 e. The molecular formula is C16H23ClN2O2. The summed E-state index contributed by atoms with van der Waals surface area (Å²) in [6.45, 7) is 4.76. The van der Waals surface area contributed by atoms with Gasteiger partial charge in [-0.05, 0) is 37.6 Å². The van der Waals surface area contributed by atoms with Gasteiger partial charge in [0.05, 0.1) is 19.8 Å². The normalized spacial score (nSPS) is 25.8. The number of nitrogens with zero attached hydrogens (tertiary/aromatic N) is 1. The topological polar surface area (TPSA) is 33.7 Å². The summed E-state index contributed by atoms with van der Waals surface area (Å²) in [6.07, 6.45) is 2.89. The lowest BCUT2D eigenvalue weighted by Gasteiger charge is -2.35. The Morgan fingerprint density at radius 3 is 3.24 bits per heavy atom. The van der Waals surface area contributed by atoms with Crippen molar-refractivity contribution in [3.63, 3.8) is 0 Å². The Hall–Kier alpha value is -0.810. The first kappa shape index (κ1) is 15.1. The third-order valence-corrected chi connectivity index (χ3v) is 4.63. The number of hydrogen-bond acceptors (Lipinski definition) is 4. The highest BCUT2D eigenvalue weighted by Crippen LogP contribution is 2.24. The second-order valence-electron chi connectivity index (χ2n) is 5.83. The summed E-state index contributed by atoms with van der Waals surface area (Å²) in [6, 6.07) is 6.37. The molecule has 0 amide bonds. The molecule has 0 aliphatic carbocycles. The molecule has 2 unspecified atom stereocenters. The van der Waals surface area contributed by atoms with Crippen molar-refractivity contribution < 1.29 is 9.47 Å². The van der Waals surface area contributed by atoms with Gasteiger partial charge in [-0.3, -0.25) is 4.90 Å². The summed E-state index contributed by atoms with van der Waals surface area (Å²) in [7, 11) is 1.69. The molecule has 5 heteroatoms. The SMILES string of the molecule is COc1ccc(Cl)cc1CNCC1CN2CCCC2CO1. The van der Waals surface area contributed by atoms with Gasteiger partial charge in [0.1, 0.15) is 5.75 Å². The molecular weight excluding hydrogens is 288 g/mol. The summed E-state index contributed by atoms with van der Waals surface area (Å²) < 4.78 is 11.3. The fourth-order valence-electron chi connectivity index (χ4n) is 3.26. The van der Waals surface area contributed by atoms with Crippen LogP contribution >= 0.6 is 11.6 Å². The highest BCUT2D eigenvalue weighted by atomic mass is 35.5. The first-order valence-electron chi connectivity index (χ1n) is 7.65. The fourth-order valence-corrected chi connectivity index (χ4v) is 3.46. The third kappa shape index (κ3) is 3.69. The maximum atomic E-state index is 6.05. The fraction of sp³-hybridized carbons (Fsp3) is 0.625. The molecule has 2 heterocycles. The largest absolute Gasteiger partial charge is 0.496 e. The zero-order valence-electron chi connectivity index (χ0n) is 12.5. The third-order valence-electron chi connectivity index (χ3n) is 4.39. The lowest BCUT2D eigenvalue weighted by molar-refractivity contribution is -0.0470. The quantitative estimate of drug-likeness (QED) is 0.905. The summed E-state index contributed by atoms with van der Waals surface area (Å²) in [5.74, 6) is 0.871. The number of hydrogen-bond donors (Lipinski definition) is 1. The molecule has 4 nitrogen and oxygen atoms in total. The van der Waals surface area contributed by atoms with Gasteiger partial charge in [0.25, 0.3) is 0 Å². The first-order chi connectivity index (χ1) is 10.3. The van der Waals surface area contributed by atoms with Gasteiger partial charge in [-0.2, -0.15) is 0 Å². The van der Waals surface area contributed by atoms with Crippen LogP contribution in [0.5, 0.6) is 5.75 Å². The van der Waals surface area contributed by atoms with E-state index in [2.05, 4.69) is 10.2 Å². The Morgan fingerprint density at radius 1 is 1.48 bits per heavy atom. The molecule has 2 atom stereocenters. The van der Waals surface area contributed by atoms with Crippen molar-refractivity contribution >= 4 is 11.6 Å². The van der Waals surface area contributed by atoms with E-state index in [1.54, 1.807) is 7.11 Å². The van der Waals surface area contributed by atoms with E-state index >= 15 is 0 Å². The minimum absolute atomic E-state index is 0.282. The highest BCUT2D eigenvalue weighted by molar-refractivity contribution is 6.30. The van der Waals surface area contributed by atoms with E-state index in [0.29, 0.717) is 6.04 Å². The standard InChI is InChI=1S/C16H23ClN2O2/c1-20-16-5-4-13(17)7-12(16)8-18-9-15-10-19-6-2-3-14(19)11-21-15/h4-5,7,14-15,18H,2-3,6,8-11H2,1H3. The number of rotatable bonds is 5. The monoisotopic (exact) mass is 310 g/mol. The van der Waals surface area contributed by atoms with Crippen molar-refractivity contribution in [3.8, 4) is 5.75 Å². The molecule has 2 fully saturated rings. The summed E-state index contributed by atoms with van der Waals surface area (Å²) >= 11 is 6.05. The van der Waals surface area contributed by atoms with E-state index in [-0.39, 0.29) is 6.10 Å². The molecule has 116 valence electrons. The summed E-state index contributed by atoms with van der Waals surface area (Å²) in [4.78, 5) is 2.57. The molecule has 2 saturated heterocycles. The van der Waals surface area contributed by atoms with E-state index in [1.165, 1.54) is 19.4 Å². The van der Waals surface area contributed by atoms with Crippen molar-refractivity contribution in [2.75, 3.05) is 33.4 Å². The van der Waals surface area contributed by atoms with Gasteiger partial charge in [0.2, 0.25) is 0 Å². The van der Waals surface area contributed by atoms with E-state index in [4.69, 9.17) is 21.1 Å². The summed E-state index contributed by atoms with van der Waals surface area (Å²) in [5.41, 5.74) is 1.08. The van der Waals surface area contributed by atoms with Crippen LogP contribution in [0.2, 0.25) is 5.02 Å². The zero-order chi connectivity index (χ0) is 14.7. The van der Waals surface area contributed by atoms with Crippen molar-refractivity contribution in [3.05, 3.63) is 28.8 Å². The highest BCUT2D eigenvalue weighted by Gasteiger charge is 2.31. The Kier molecular flexibility index (Phi) is 5.01. The number of benzene rings is 1. The Morgan fingerprint density at radius 2 is 2.38 bits per heavy atom. The second-order valence-corrected chi connectivity index (χ2v) is 6.27. The lowest BCUT2D eigenvalue weighted by Crippen LogP contribution is -2.49. The number of halogens is 1. The van der Waals surface area contributed by atoms with Gasteiger partial charge < -0.3 is 14.8 Å². The molecule has 0 spiro atoms. The molecule has 3 rings (SSSR count). The average molecular weight is 311 g/mol. The molecule has 1 aromatic rings. The average Bonchev–Trinajstić information content (AvgIpc) is 2.95. The Labute approximate surface area is 131 Å². The smallest absolute Gasteiger partial charge is 0.123 e. The van der Waals surface area contributed by atoms with E-state index < -0.39 is 0 Å². The molecule has 0 saturated carbocycles. The van der Waals surface area contributed by atoms with Crippen molar-refractivity contribution in [1.29, 1.82) is 0 Å². The number of nitrogens with one attached hydrogen (secondary N) is 1. The van der Waals surface area contributed by atoms with Gasteiger partial charge in [0, 0.05) is 36.3 Å². The zero-order valence-corrected chi connectivity index (χ0v) is 13.2. The predicted molar refractivity (Wildman–Crippen MR) is 84.0 cm³/mol. The number of fused-ring (bicyclic) bond motifs is 1. The molecule has 0 bridgehead atoms. The molecule has 1 aromatic carbocycles. The number of ether oxygens (including phenoxy) is 2. The minimum Gasteiger partial charge on any atom is -0.496 e. The van der Waals surface area contributed by atoms with Crippen molar-refractivity contribution in [1.82, 2.24) is 10.2 Å². The Bertz CT molecular complexity index is 483. The molecule has 2 aliphatic rings. The first-order valence-corrected chi connectivity index (χ1v) is 8.03. The molecule has 1 N–H and O–H groups in total. The van der Waals surface area contributed by atoms with E-state index in [1.807, 2.05) is 18.2 Å². The van der Waals surface area contributed by atoms with Crippen LogP contribution in [-0.4, -0.2) is 50.4 Å². The molecule has 2 aliphatic heterocycles. The van der Waals surface area contributed by atoms with E-state index in [0.717, 1.165) is 42.6 Å². The van der Waals surface area contributed by atoms with Crippen molar-refractivity contribution in [2.24, 2.45) is 0 Å². The van der Waals surface area contributed by atoms with Gasteiger partial charge in [-0.1, -0.05) is 11.6 Å². The second kappa shape index (κ2) is 6.97. The van der Waals surface area contributed by atoms with Gasteiger partial charge in [0.15, 0.2) is 0 Å². The van der Waals surface area contributed by atoms with Crippen LogP contribution in [0, 0.1) is 0 Å². The van der Waals surface area contributed by atoms with Gasteiger partial charge in [-0.15, -0.1) is 0 Å². The van der Waals surface area contributed by atoms with E-state index in [9.17, 15) is 0 Å². The van der Waals surface area contributed by atoms with Gasteiger partial charge in [-0.25, -0.2) is 0 Å². The van der Waals surface area contributed by atoms with Crippen LogP contribution < -0.4 is 10.1 Å². The van der Waals surface area contributed by atoms with Crippen LogP contribution in [0.25, 0.3) is 0 Å². The molecule has 21 heavy (non-hydrogen) atoms. The van der Waals surface area contributed by atoms with Crippen LogP contribution in [0.4, 0.5) is 0 Å². The van der Waals surface area contributed by atoms with Crippen molar-refractivity contribution in [2.45, 2.75) is 31.5 Å². The lowest BCUT2D eigenvalue weighted by atomic mass is 10.1. The van der Waals surface area contributed by atoms with Crippen LogP contribution in [0.15, 0.2) is 18.2 Å². The van der Waals surface area contributed by atoms with Crippen LogP contribution in [0.3, 0.4) is 0 Å². The number of methoxy groups -OCH3 is 1. The maximum absolute atomic E-state index is 6.05. The molecule has 0 radical (unpaired) electrons. The Balaban J connectivity index is 1.49. The number of morpholine rings is 1.